The van der Waals surface area contributed by atoms with Crippen LogP contribution in [0.2, 0.25) is 0 Å². The van der Waals surface area contributed by atoms with Gasteiger partial charge in [-0.05, 0) is 12.1 Å². The lowest BCUT2D eigenvalue weighted by molar-refractivity contribution is -0.133. The minimum Gasteiger partial charge on any atom is -0.481 e. The van der Waals surface area contributed by atoms with Crippen LogP contribution in [0.1, 0.15) is 0 Å². The number of carboxylic acid groups (broad SMARTS) is 1. The summed E-state index contributed by atoms with van der Waals surface area (Å²) in [5, 5.41) is 14.3. The van der Waals surface area contributed by atoms with E-state index in [1.54, 1.807) is 17.1 Å². The number of thioether (sulfide) groups is 1. The molecule has 3 heterocycles. The lowest BCUT2D eigenvalue weighted by Gasteiger charge is -2.02. The van der Waals surface area contributed by atoms with E-state index in [9.17, 15) is 4.79 Å². The van der Waals surface area contributed by atoms with Gasteiger partial charge in [-0.25, -0.2) is 15.0 Å². The fourth-order valence-corrected chi connectivity index (χ4v) is 2.40. The van der Waals surface area contributed by atoms with Crippen LogP contribution in [0.5, 0.6) is 0 Å². The van der Waals surface area contributed by atoms with Gasteiger partial charge in [0.1, 0.15) is 11.4 Å². The summed E-state index contributed by atoms with van der Waals surface area (Å²) in [5.74, 6) is -0.296. The van der Waals surface area contributed by atoms with Gasteiger partial charge in [0.15, 0.2) is 11.5 Å². The molecule has 20 heavy (non-hydrogen) atoms. The van der Waals surface area contributed by atoms with E-state index < -0.39 is 5.97 Å². The van der Waals surface area contributed by atoms with Gasteiger partial charge in [-0.1, -0.05) is 17.8 Å². The number of nitrogens with zero attached hydrogens (tertiary/aromatic N) is 5. The zero-order chi connectivity index (χ0) is 13.9. The molecule has 3 rings (SSSR count). The monoisotopic (exact) mass is 287 g/mol. The maximum atomic E-state index is 10.6. The van der Waals surface area contributed by atoms with E-state index in [0.29, 0.717) is 21.9 Å². The predicted octanol–water partition coefficient (Wildman–Crippen LogP) is 1.39. The average molecular weight is 287 g/mol. The van der Waals surface area contributed by atoms with E-state index in [-0.39, 0.29) is 5.75 Å². The summed E-state index contributed by atoms with van der Waals surface area (Å²) in [6.07, 6.45) is 4.69. The van der Waals surface area contributed by atoms with E-state index in [4.69, 9.17) is 5.11 Å². The van der Waals surface area contributed by atoms with Crippen LogP contribution in [0.25, 0.3) is 16.9 Å². The molecule has 1 N–H and O–H groups in total. The minimum absolute atomic E-state index is 0.0547. The minimum atomic E-state index is -0.890. The molecule has 8 heteroatoms. The van der Waals surface area contributed by atoms with Gasteiger partial charge < -0.3 is 5.11 Å². The van der Waals surface area contributed by atoms with Gasteiger partial charge in [-0.2, -0.15) is 9.78 Å². The topological polar surface area (TPSA) is 93.8 Å². The Bertz CT molecular complexity index is 759. The fourth-order valence-electron chi connectivity index (χ4n) is 1.71. The SMILES string of the molecule is O=C(O)CSc1ncnc2c1cnn2-c1ccccn1. The lowest BCUT2D eigenvalue weighted by atomic mass is 10.4. The summed E-state index contributed by atoms with van der Waals surface area (Å²) in [6.45, 7) is 0. The third kappa shape index (κ3) is 2.32. The van der Waals surface area contributed by atoms with Crippen molar-refractivity contribution in [3.8, 4) is 5.82 Å². The molecule has 0 amide bonds. The van der Waals surface area contributed by atoms with Crippen LogP contribution in [-0.4, -0.2) is 41.6 Å². The van der Waals surface area contributed by atoms with Gasteiger partial charge in [-0.15, -0.1) is 0 Å². The van der Waals surface area contributed by atoms with Crippen molar-refractivity contribution in [3.05, 3.63) is 36.9 Å². The van der Waals surface area contributed by atoms with Crippen LogP contribution in [0.3, 0.4) is 0 Å². The highest BCUT2D eigenvalue weighted by molar-refractivity contribution is 8.00. The molecule has 0 unspecified atom stereocenters. The highest BCUT2D eigenvalue weighted by atomic mass is 32.2. The number of fused-ring (bicyclic) bond motifs is 1. The van der Waals surface area contributed by atoms with Crippen molar-refractivity contribution < 1.29 is 9.90 Å². The zero-order valence-corrected chi connectivity index (χ0v) is 11.0. The quantitative estimate of drug-likeness (QED) is 0.572. The normalized spacial score (nSPS) is 10.8. The molecule has 0 saturated carbocycles. The van der Waals surface area contributed by atoms with E-state index >= 15 is 0 Å². The van der Waals surface area contributed by atoms with Gasteiger partial charge >= 0.3 is 5.97 Å². The van der Waals surface area contributed by atoms with Crippen molar-refractivity contribution in [3.63, 3.8) is 0 Å². The number of carbonyl (C=O) groups is 1. The second-order valence-corrected chi connectivity index (χ2v) is 4.81. The smallest absolute Gasteiger partial charge is 0.313 e. The van der Waals surface area contributed by atoms with Crippen LogP contribution in [0, 0.1) is 0 Å². The number of hydrogen-bond acceptors (Lipinski definition) is 6. The van der Waals surface area contributed by atoms with Crippen molar-refractivity contribution in [1.82, 2.24) is 24.7 Å². The van der Waals surface area contributed by atoms with Crippen molar-refractivity contribution >= 4 is 28.8 Å². The number of rotatable bonds is 4. The van der Waals surface area contributed by atoms with Crippen molar-refractivity contribution in [2.24, 2.45) is 0 Å². The molecule has 0 atom stereocenters. The van der Waals surface area contributed by atoms with Crippen molar-refractivity contribution in [2.45, 2.75) is 5.03 Å². The Morgan fingerprint density at radius 2 is 2.20 bits per heavy atom. The van der Waals surface area contributed by atoms with Crippen LogP contribution in [0.15, 0.2) is 41.9 Å². The Morgan fingerprint density at radius 1 is 1.30 bits per heavy atom. The van der Waals surface area contributed by atoms with E-state index in [0.717, 1.165) is 11.8 Å². The maximum Gasteiger partial charge on any atom is 0.313 e. The second-order valence-electron chi connectivity index (χ2n) is 3.84. The highest BCUT2D eigenvalue weighted by Crippen LogP contribution is 2.24. The van der Waals surface area contributed by atoms with E-state index in [1.807, 2.05) is 18.2 Å². The van der Waals surface area contributed by atoms with Gasteiger partial charge in [0, 0.05) is 6.20 Å². The summed E-state index contributed by atoms with van der Waals surface area (Å²) >= 11 is 1.14. The zero-order valence-electron chi connectivity index (χ0n) is 10.2. The molecular weight excluding hydrogens is 278 g/mol. The molecule has 0 spiro atoms. The molecule has 0 saturated heterocycles. The van der Waals surface area contributed by atoms with Crippen molar-refractivity contribution in [1.29, 1.82) is 0 Å². The van der Waals surface area contributed by atoms with E-state index in [2.05, 4.69) is 20.1 Å². The first kappa shape index (κ1) is 12.5. The Morgan fingerprint density at radius 3 is 2.95 bits per heavy atom. The van der Waals surface area contributed by atoms with Gasteiger partial charge in [-0.3, -0.25) is 4.79 Å². The molecule has 7 nitrogen and oxygen atoms in total. The van der Waals surface area contributed by atoms with Gasteiger partial charge in [0.25, 0.3) is 0 Å². The Kier molecular flexibility index (Phi) is 3.30. The molecule has 0 bridgehead atoms. The number of pyridine rings is 1. The second kappa shape index (κ2) is 5.25. The summed E-state index contributed by atoms with van der Waals surface area (Å²) in [7, 11) is 0. The Hall–Kier alpha value is -2.48. The standard InChI is InChI=1S/C12H9N5O2S/c18-10(19)6-20-12-8-5-16-17(11(8)14-7-15-12)9-3-1-2-4-13-9/h1-5,7H,6H2,(H,18,19). The summed E-state index contributed by atoms with van der Waals surface area (Å²) in [5.41, 5.74) is 0.603. The van der Waals surface area contributed by atoms with Crippen LogP contribution < -0.4 is 0 Å². The molecule has 3 aromatic heterocycles. The number of aromatic nitrogens is 5. The van der Waals surface area contributed by atoms with E-state index in [1.165, 1.54) is 6.33 Å². The number of hydrogen-bond donors (Lipinski definition) is 1. The molecule has 0 aliphatic rings. The average Bonchev–Trinajstić information content (AvgIpc) is 2.90. The Balaban J connectivity index is 2.06. The molecule has 0 fully saturated rings. The third-order valence-electron chi connectivity index (χ3n) is 2.53. The summed E-state index contributed by atoms with van der Waals surface area (Å²) < 4.78 is 1.60. The van der Waals surface area contributed by atoms with Gasteiger partial charge in [0.05, 0.1) is 17.3 Å². The Labute approximate surface area is 117 Å². The number of aliphatic carboxylic acids is 1. The largest absolute Gasteiger partial charge is 0.481 e. The van der Waals surface area contributed by atoms with Gasteiger partial charge in [0.2, 0.25) is 0 Å². The summed E-state index contributed by atoms with van der Waals surface area (Å²) in [4.78, 5) is 23.1. The van der Waals surface area contributed by atoms with Crippen LogP contribution in [0.4, 0.5) is 0 Å². The number of carboxylic acids is 1. The summed E-state index contributed by atoms with van der Waals surface area (Å²) in [6, 6.07) is 5.49. The highest BCUT2D eigenvalue weighted by Gasteiger charge is 2.12. The molecule has 0 radical (unpaired) electrons. The first-order valence-electron chi connectivity index (χ1n) is 5.70. The molecule has 0 aliphatic heterocycles. The molecular formula is C12H9N5O2S. The first-order chi connectivity index (χ1) is 9.75. The van der Waals surface area contributed by atoms with Crippen LogP contribution >= 0.6 is 11.8 Å². The first-order valence-corrected chi connectivity index (χ1v) is 6.69. The van der Waals surface area contributed by atoms with Crippen LogP contribution in [-0.2, 0) is 4.79 Å². The lowest BCUT2D eigenvalue weighted by Crippen LogP contribution is -2.01. The molecule has 100 valence electrons. The molecule has 0 aromatic carbocycles. The van der Waals surface area contributed by atoms with Crippen molar-refractivity contribution in [2.75, 3.05) is 5.75 Å². The fraction of sp³-hybridized carbons (Fsp3) is 0.0833. The molecule has 3 aromatic rings. The predicted molar refractivity (Wildman–Crippen MR) is 72.8 cm³/mol. The molecule has 0 aliphatic carbocycles. The maximum absolute atomic E-state index is 10.6. The third-order valence-corrected chi connectivity index (χ3v) is 3.52.